The van der Waals surface area contributed by atoms with E-state index in [0.29, 0.717) is 28.9 Å². The number of furan rings is 3. The van der Waals surface area contributed by atoms with Crippen molar-refractivity contribution < 1.29 is 13.3 Å². The van der Waals surface area contributed by atoms with Crippen LogP contribution in [0.1, 0.15) is 0 Å². The smallest absolute Gasteiger partial charge is 0.180 e. The molecule has 0 radical (unpaired) electrons. The van der Waals surface area contributed by atoms with Gasteiger partial charge in [0.15, 0.2) is 28.9 Å². The summed E-state index contributed by atoms with van der Waals surface area (Å²) in [6, 6.07) is 63.0. The van der Waals surface area contributed by atoms with Gasteiger partial charge in [0.2, 0.25) is 0 Å². The van der Waals surface area contributed by atoms with E-state index in [0.717, 1.165) is 105 Å². The van der Waals surface area contributed by atoms with Gasteiger partial charge in [0.25, 0.3) is 0 Å². The average Bonchev–Trinajstić information content (AvgIpc) is 4.05. The maximum atomic E-state index is 6.55. The van der Waals surface area contributed by atoms with Crippen LogP contribution in [0.3, 0.4) is 0 Å². The Bertz CT molecular complexity index is 3910. The third-order valence-corrected chi connectivity index (χ3v) is 11.8. The molecule has 63 heavy (non-hydrogen) atoms. The minimum Gasteiger partial charge on any atom is -0.456 e. The topological polar surface area (TPSA) is 104 Å². The van der Waals surface area contributed by atoms with Gasteiger partial charge in [0, 0.05) is 54.7 Å². The van der Waals surface area contributed by atoms with E-state index in [4.69, 9.17) is 38.2 Å². The second kappa shape index (κ2) is 13.9. The van der Waals surface area contributed by atoms with Crippen molar-refractivity contribution in [2.24, 2.45) is 0 Å². The zero-order chi connectivity index (χ0) is 41.4. The fraction of sp³-hybridized carbons (Fsp3) is 0. The molecule has 0 spiro atoms. The number of benzene rings is 8. The van der Waals surface area contributed by atoms with Crippen LogP contribution in [0.5, 0.6) is 0 Å². The van der Waals surface area contributed by atoms with Crippen LogP contribution < -0.4 is 0 Å². The van der Waals surface area contributed by atoms with Crippen molar-refractivity contribution in [1.29, 1.82) is 0 Å². The van der Waals surface area contributed by atoms with E-state index in [-0.39, 0.29) is 0 Å². The van der Waals surface area contributed by atoms with Crippen LogP contribution in [-0.4, -0.2) is 24.9 Å². The number of hydrogen-bond acceptors (Lipinski definition) is 8. The Morgan fingerprint density at radius 1 is 0.286 bits per heavy atom. The number of hydrogen-bond donors (Lipinski definition) is 0. The first kappa shape index (κ1) is 35.0. The Labute approximate surface area is 358 Å². The monoisotopic (exact) mass is 809 g/mol. The van der Waals surface area contributed by atoms with E-state index in [9.17, 15) is 0 Å². The van der Waals surface area contributed by atoms with Gasteiger partial charge in [0.05, 0.1) is 0 Å². The Hall–Kier alpha value is -8.75. The molecule has 0 N–H and O–H groups in total. The maximum Gasteiger partial charge on any atom is 0.180 e. The maximum absolute atomic E-state index is 6.55. The standard InChI is InChI=1S/C55H31N5O3/c1-4-13-32(14-5-1)49-51-50(57-52(56-49)33-15-6-2-7-16-33)42-30-36(25-28-45(42)63-51)35-24-27-44-41(29-35)48-40(20-12-22-46(48)61-44)55-59-53(34-17-8-3-9-18-34)58-54(60-55)37-23-26-39-38-19-10-11-21-43(38)62-47(39)31-37/h1-31H. The lowest BCUT2D eigenvalue weighted by Crippen LogP contribution is -2.00. The molecule has 8 nitrogen and oxygen atoms in total. The van der Waals surface area contributed by atoms with Crippen LogP contribution in [0.25, 0.3) is 134 Å². The molecule has 294 valence electrons. The first-order valence-corrected chi connectivity index (χ1v) is 20.7. The summed E-state index contributed by atoms with van der Waals surface area (Å²) >= 11 is 0. The zero-order valence-electron chi connectivity index (χ0n) is 33.4. The molecule has 0 unspecified atom stereocenters. The number of para-hydroxylation sites is 1. The van der Waals surface area contributed by atoms with Gasteiger partial charge in [-0.1, -0.05) is 140 Å². The molecule has 8 aromatic carbocycles. The molecule has 0 bridgehead atoms. The molecule has 5 heterocycles. The van der Waals surface area contributed by atoms with Crippen molar-refractivity contribution in [2.45, 2.75) is 0 Å². The molecule has 0 aliphatic carbocycles. The Morgan fingerprint density at radius 2 is 0.825 bits per heavy atom. The number of rotatable bonds is 6. The van der Waals surface area contributed by atoms with Crippen LogP contribution >= 0.6 is 0 Å². The molecule has 0 aliphatic rings. The summed E-state index contributed by atoms with van der Waals surface area (Å²) in [7, 11) is 0. The van der Waals surface area contributed by atoms with Gasteiger partial charge in [-0.2, -0.15) is 0 Å². The molecule has 5 aromatic heterocycles. The normalized spacial score (nSPS) is 11.8. The van der Waals surface area contributed by atoms with Crippen molar-refractivity contribution >= 4 is 65.9 Å². The highest BCUT2D eigenvalue weighted by Crippen LogP contribution is 2.41. The second-order valence-electron chi connectivity index (χ2n) is 15.6. The van der Waals surface area contributed by atoms with E-state index in [1.165, 1.54) is 0 Å². The average molecular weight is 810 g/mol. The second-order valence-corrected chi connectivity index (χ2v) is 15.6. The van der Waals surface area contributed by atoms with Crippen LogP contribution in [0, 0.1) is 0 Å². The largest absolute Gasteiger partial charge is 0.456 e. The molecule has 13 rings (SSSR count). The van der Waals surface area contributed by atoms with E-state index >= 15 is 0 Å². The third-order valence-electron chi connectivity index (χ3n) is 11.8. The molecular formula is C55H31N5O3. The molecule has 0 saturated heterocycles. The van der Waals surface area contributed by atoms with Crippen LogP contribution in [-0.2, 0) is 0 Å². The minimum atomic E-state index is 0.539. The molecule has 13 aromatic rings. The summed E-state index contributed by atoms with van der Waals surface area (Å²) in [5.41, 5.74) is 12.5. The fourth-order valence-electron chi connectivity index (χ4n) is 8.73. The van der Waals surface area contributed by atoms with E-state index in [1.54, 1.807) is 0 Å². The van der Waals surface area contributed by atoms with E-state index in [2.05, 4.69) is 60.7 Å². The van der Waals surface area contributed by atoms with Crippen molar-refractivity contribution in [3.8, 4) is 67.9 Å². The SMILES string of the molecule is c1ccc(-c2nc(-c3ccc4c(c3)oc3ccccc34)nc(-c3cccc4oc5ccc(-c6ccc7oc8c(-c9ccccc9)nc(-c9ccccc9)nc8c7c6)cc5c34)n2)cc1. The lowest BCUT2D eigenvalue weighted by atomic mass is 9.99. The van der Waals surface area contributed by atoms with Crippen molar-refractivity contribution in [3.05, 3.63) is 188 Å². The van der Waals surface area contributed by atoms with Crippen LogP contribution in [0.2, 0.25) is 0 Å². The Kier molecular flexibility index (Phi) is 7.74. The first-order chi connectivity index (χ1) is 31.2. The molecular weight excluding hydrogens is 779 g/mol. The minimum absolute atomic E-state index is 0.539. The molecule has 0 aliphatic heterocycles. The van der Waals surface area contributed by atoms with Gasteiger partial charge >= 0.3 is 0 Å². The van der Waals surface area contributed by atoms with Gasteiger partial charge in [0.1, 0.15) is 39.1 Å². The van der Waals surface area contributed by atoms with Gasteiger partial charge in [-0.25, -0.2) is 24.9 Å². The number of fused-ring (bicyclic) bond motifs is 9. The van der Waals surface area contributed by atoms with Gasteiger partial charge in [-0.15, -0.1) is 0 Å². The molecule has 0 amide bonds. The van der Waals surface area contributed by atoms with Crippen molar-refractivity contribution in [1.82, 2.24) is 24.9 Å². The van der Waals surface area contributed by atoms with Crippen molar-refractivity contribution in [3.63, 3.8) is 0 Å². The summed E-state index contributed by atoms with van der Waals surface area (Å²) < 4.78 is 19.4. The predicted molar refractivity (Wildman–Crippen MR) is 250 cm³/mol. The summed E-state index contributed by atoms with van der Waals surface area (Å²) in [4.78, 5) is 25.5. The number of nitrogens with zero attached hydrogens (tertiary/aromatic N) is 5. The molecule has 0 atom stereocenters. The fourth-order valence-corrected chi connectivity index (χ4v) is 8.73. The summed E-state index contributed by atoms with van der Waals surface area (Å²) in [5.74, 6) is 2.29. The van der Waals surface area contributed by atoms with Crippen LogP contribution in [0.4, 0.5) is 0 Å². The highest BCUT2D eigenvalue weighted by molar-refractivity contribution is 6.14. The highest BCUT2D eigenvalue weighted by atomic mass is 16.3. The van der Waals surface area contributed by atoms with Gasteiger partial charge in [-0.3, -0.25) is 0 Å². The van der Waals surface area contributed by atoms with Crippen molar-refractivity contribution in [2.75, 3.05) is 0 Å². The number of aromatic nitrogens is 5. The Morgan fingerprint density at radius 3 is 1.57 bits per heavy atom. The quantitative estimate of drug-likeness (QED) is 0.164. The Balaban J connectivity index is 0.974. The van der Waals surface area contributed by atoms with Gasteiger partial charge in [-0.05, 0) is 59.7 Å². The van der Waals surface area contributed by atoms with Gasteiger partial charge < -0.3 is 13.3 Å². The molecule has 0 fully saturated rings. The summed E-state index contributed by atoms with van der Waals surface area (Å²) in [6.07, 6.45) is 0. The molecule has 0 saturated carbocycles. The summed E-state index contributed by atoms with van der Waals surface area (Å²) in [6.45, 7) is 0. The van der Waals surface area contributed by atoms with Crippen LogP contribution in [0.15, 0.2) is 201 Å². The zero-order valence-corrected chi connectivity index (χ0v) is 33.4. The third kappa shape index (κ3) is 5.80. The van der Waals surface area contributed by atoms with E-state index < -0.39 is 0 Å². The van der Waals surface area contributed by atoms with E-state index in [1.807, 2.05) is 127 Å². The molecule has 8 heteroatoms. The highest BCUT2D eigenvalue weighted by Gasteiger charge is 2.21. The predicted octanol–water partition coefficient (Wildman–Crippen LogP) is 14.4. The summed E-state index contributed by atoms with van der Waals surface area (Å²) in [5, 5.41) is 4.88. The lowest BCUT2D eigenvalue weighted by Gasteiger charge is -2.09. The lowest BCUT2D eigenvalue weighted by molar-refractivity contribution is 0.667. The first-order valence-electron chi connectivity index (χ1n) is 20.7.